The average Bonchev–Trinajstić information content (AvgIpc) is 2.85. The quantitative estimate of drug-likeness (QED) is 0.734. The highest BCUT2D eigenvalue weighted by Crippen LogP contribution is 2.32. The maximum absolute atomic E-state index is 12.7. The Labute approximate surface area is 136 Å². The van der Waals surface area contributed by atoms with E-state index in [1.165, 1.54) is 18.2 Å². The lowest BCUT2D eigenvalue weighted by Crippen LogP contribution is -2.29. The van der Waals surface area contributed by atoms with Gasteiger partial charge < -0.3 is 5.11 Å². The number of carboxylic acid groups (broad SMARTS) is 1. The number of benzene rings is 2. The molecular formula is C18H10N2O4. The summed E-state index contributed by atoms with van der Waals surface area (Å²) < 4.78 is 0. The largest absolute Gasteiger partial charge is 0.478 e. The van der Waals surface area contributed by atoms with Crippen molar-refractivity contribution in [3.63, 3.8) is 0 Å². The summed E-state index contributed by atoms with van der Waals surface area (Å²) in [5.41, 5.74) is 1.17. The smallest absolute Gasteiger partial charge is 0.335 e. The Kier molecular flexibility index (Phi) is 2.93. The second kappa shape index (κ2) is 4.99. The molecule has 6 nitrogen and oxygen atoms in total. The Morgan fingerprint density at radius 3 is 2.50 bits per heavy atom. The SMILES string of the molecule is O=C(O)c1ccc2c(c1)C(=O)N(c1cccc3cccnc13)C2=O. The number of aromatic carboxylic acids is 1. The van der Waals surface area contributed by atoms with Gasteiger partial charge in [0.15, 0.2) is 0 Å². The lowest BCUT2D eigenvalue weighted by Gasteiger charge is -2.15. The molecule has 0 spiro atoms. The van der Waals surface area contributed by atoms with Crippen molar-refractivity contribution < 1.29 is 19.5 Å². The van der Waals surface area contributed by atoms with Crippen molar-refractivity contribution >= 4 is 34.4 Å². The molecule has 1 N–H and O–H groups in total. The Morgan fingerprint density at radius 1 is 0.958 bits per heavy atom. The van der Waals surface area contributed by atoms with Crippen LogP contribution in [0.1, 0.15) is 31.1 Å². The van der Waals surface area contributed by atoms with Crippen molar-refractivity contribution in [2.75, 3.05) is 4.90 Å². The van der Waals surface area contributed by atoms with Gasteiger partial charge in [-0.15, -0.1) is 0 Å². The first-order valence-electron chi connectivity index (χ1n) is 7.18. The zero-order valence-electron chi connectivity index (χ0n) is 12.3. The lowest BCUT2D eigenvalue weighted by atomic mass is 10.1. The molecule has 1 aliphatic heterocycles. The molecule has 6 heteroatoms. The summed E-state index contributed by atoms with van der Waals surface area (Å²) in [5, 5.41) is 9.88. The number of hydrogen-bond acceptors (Lipinski definition) is 4. The Hall–Kier alpha value is -3.54. The summed E-state index contributed by atoms with van der Waals surface area (Å²) in [6, 6.07) is 12.8. The zero-order chi connectivity index (χ0) is 16.8. The Morgan fingerprint density at radius 2 is 1.71 bits per heavy atom. The maximum atomic E-state index is 12.7. The van der Waals surface area contributed by atoms with Gasteiger partial charge in [0.2, 0.25) is 0 Å². The van der Waals surface area contributed by atoms with Crippen LogP contribution in [0.4, 0.5) is 5.69 Å². The third kappa shape index (κ3) is 1.90. The molecule has 4 rings (SSSR count). The van der Waals surface area contributed by atoms with Crippen molar-refractivity contribution in [2.24, 2.45) is 0 Å². The van der Waals surface area contributed by atoms with Crippen molar-refractivity contribution in [3.05, 3.63) is 71.4 Å². The van der Waals surface area contributed by atoms with Gasteiger partial charge in [0.05, 0.1) is 27.9 Å². The van der Waals surface area contributed by atoms with Gasteiger partial charge in [-0.05, 0) is 30.3 Å². The van der Waals surface area contributed by atoms with E-state index in [-0.39, 0.29) is 16.7 Å². The summed E-state index contributed by atoms with van der Waals surface area (Å²) in [5.74, 6) is -2.18. The van der Waals surface area contributed by atoms with Crippen molar-refractivity contribution in [1.82, 2.24) is 4.98 Å². The summed E-state index contributed by atoms with van der Waals surface area (Å²) in [6.07, 6.45) is 1.59. The number of carbonyl (C=O) groups is 3. The summed E-state index contributed by atoms with van der Waals surface area (Å²) in [4.78, 5) is 41.8. The number of imide groups is 1. The fourth-order valence-electron chi connectivity index (χ4n) is 2.86. The minimum atomic E-state index is -1.15. The van der Waals surface area contributed by atoms with Gasteiger partial charge in [-0.2, -0.15) is 0 Å². The van der Waals surface area contributed by atoms with Crippen LogP contribution in [-0.2, 0) is 0 Å². The number of nitrogens with zero attached hydrogens (tertiary/aromatic N) is 2. The molecule has 1 aromatic heterocycles. The van der Waals surface area contributed by atoms with E-state index in [1.54, 1.807) is 24.4 Å². The Bertz CT molecular complexity index is 1040. The highest BCUT2D eigenvalue weighted by atomic mass is 16.4. The number of pyridine rings is 1. The molecule has 2 aromatic carbocycles. The zero-order valence-corrected chi connectivity index (χ0v) is 12.3. The van der Waals surface area contributed by atoms with E-state index < -0.39 is 17.8 Å². The first kappa shape index (κ1) is 14.1. The van der Waals surface area contributed by atoms with Crippen LogP contribution in [0.3, 0.4) is 0 Å². The van der Waals surface area contributed by atoms with E-state index in [2.05, 4.69) is 4.98 Å². The van der Waals surface area contributed by atoms with Gasteiger partial charge in [-0.3, -0.25) is 14.6 Å². The van der Waals surface area contributed by atoms with Crippen LogP contribution < -0.4 is 4.90 Å². The number of aromatic nitrogens is 1. The molecule has 0 unspecified atom stereocenters. The summed E-state index contributed by atoms with van der Waals surface area (Å²) in [7, 11) is 0. The predicted octanol–water partition coefficient (Wildman–Crippen LogP) is 2.73. The van der Waals surface area contributed by atoms with Crippen LogP contribution in [0.5, 0.6) is 0 Å². The molecule has 0 radical (unpaired) electrons. The number of anilines is 1. The molecule has 0 fully saturated rings. The molecule has 116 valence electrons. The van der Waals surface area contributed by atoms with Gasteiger partial charge in [0.1, 0.15) is 0 Å². The molecule has 3 aromatic rings. The van der Waals surface area contributed by atoms with E-state index in [9.17, 15) is 14.4 Å². The fourth-order valence-corrected chi connectivity index (χ4v) is 2.86. The van der Waals surface area contributed by atoms with Crippen molar-refractivity contribution in [1.29, 1.82) is 0 Å². The predicted molar refractivity (Wildman–Crippen MR) is 86.3 cm³/mol. The van der Waals surface area contributed by atoms with Crippen LogP contribution >= 0.6 is 0 Å². The summed E-state index contributed by atoms with van der Waals surface area (Å²) in [6.45, 7) is 0. The molecule has 0 saturated heterocycles. The third-order valence-electron chi connectivity index (χ3n) is 3.99. The van der Waals surface area contributed by atoms with Gasteiger partial charge in [0.25, 0.3) is 11.8 Å². The van der Waals surface area contributed by atoms with E-state index >= 15 is 0 Å². The minimum absolute atomic E-state index is 0.0344. The van der Waals surface area contributed by atoms with Crippen LogP contribution in [0, 0.1) is 0 Å². The second-order valence-corrected chi connectivity index (χ2v) is 5.36. The molecule has 24 heavy (non-hydrogen) atoms. The average molecular weight is 318 g/mol. The normalized spacial score (nSPS) is 13.4. The van der Waals surface area contributed by atoms with Crippen LogP contribution in [0.2, 0.25) is 0 Å². The molecule has 2 heterocycles. The number of rotatable bonds is 2. The van der Waals surface area contributed by atoms with E-state index in [4.69, 9.17) is 5.11 Å². The Balaban J connectivity index is 1.90. The minimum Gasteiger partial charge on any atom is -0.478 e. The number of para-hydroxylation sites is 1. The van der Waals surface area contributed by atoms with Crippen LogP contribution in [0.25, 0.3) is 10.9 Å². The lowest BCUT2D eigenvalue weighted by molar-refractivity contribution is 0.0696. The molecule has 2 amide bonds. The van der Waals surface area contributed by atoms with Crippen molar-refractivity contribution in [3.8, 4) is 0 Å². The van der Waals surface area contributed by atoms with Crippen LogP contribution in [-0.4, -0.2) is 27.9 Å². The summed E-state index contributed by atoms with van der Waals surface area (Å²) >= 11 is 0. The molecule has 0 aliphatic carbocycles. The second-order valence-electron chi connectivity index (χ2n) is 5.36. The monoisotopic (exact) mass is 318 g/mol. The number of carboxylic acids is 1. The number of amides is 2. The molecular weight excluding hydrogens is 308 g/mol. The standard InChI is InChI=1S/C18H10N2O4/c21-16-12-7-6-11(18(23)24)9-13(12)17(22)20(16)14-5-1-3-10-4-2-8-19-15(10)14/h1-9H,(H,23,24). The van der Waals surface area contributed by atoms with Gasteiger partial charge in [0, 0.05) is 11.6 Å². The fraction of sp³-hybridized carbons (Fsp3) is 0. The van der Waals surface area contributed by atoms with E-state index in [0.717, 1.165) is 10.3 Å². The topological polar surface area (TPSA) is 87.6 Å². The number of fused-ring (bicyclic) bond motifs is 2. The highest BCUT2D eigenvalue weighted by molar-refractivity contribution is 6.36. The van der Waals surface area contributed by atoms with Gasteiger partial charge in [-0.1, -0.05) is 18.2 Å². The first-order valence-corrected chi connectivity index (χ1v) is 7.18. The van der Waals surface area contributed by atoms with Crippen LogP contribution in [0.15, 0.2) is 54.7 Å². The third-order valence-corrected chi connectivity index (χ3v) is 3.99. The maximum Gasteiger partial charge on any atom is 0.335 e. The van der Waals surface area contributed by atoms with E-state index in [0.29, 0.717) is 11.2 Å². The molecule has 1 aliphatic rings. The highest BCUT2D eigenvalue weighted by Gasteiger charge is 2.38. The van der Waals surface area contributed by atoms with E-state index in [1.807, 2.05) is 12.1 Å². The van der Waals surface area contributed by atoms with Crippen molar-refractivity contribution in [2.45, 2.75) is 0 Å². The molecule has 0 atom stereocenters. The van der Waals surface area contributed by atoms with Gasteiger partial charge in [-0.25, -0.2) is 9.69 Å². The number of hydrogen-bond donors (Lipinski definition) is 1. The molecule has 0 saturated carbocycles. The first-order chi connectivity index (χ1) is 11.6. The van der Waals surface area contributed by atoms with Gasteiger partial charge >= 0.3 is 5.97 Å². The molecule has 0 bridgehead atoms. The number of carbonyl (C=O) groups excluding carboxylic acids is 2.